The molecule has 1 fully saturated rings. The van der Waals surface area contributed by atoms with Crippen LogP contribution in [0.5, 0.6) is 0 Å². The van der Waals surface area contributed by atoms with Gasteiger partial charge >= 0.3 is 0 Å². The van der Waals surface area contributed by atoms with Gasteiger partial charge in [-0.05, 0) is 42.3 Å². The Morgan fingerprint density at radius 3 is 2.22 bits per heavy atom. The van der Waals surface area contributed by atoms with Crippen molar-refractivity contribution in [1.29, 1.82) is 0 Å². The number of rotatable bonds is 4. The molecule has 0 radical (unpaired) electrons. The van der Waals surface area contributed by atoms with E-state index in [1.165, 1.54) is 22.0 Å². The van der Waals surface area contributed by atoms with Crippen molar-refractivity contribution in [2.45, 2.75) is 18.2 Å². The highest BCUT2D eigenvalue weighted by molar-refractivity contribution is 7.89. The summed E-state index contributed by atoms with van der Waals surface area (Å²) in [6, 6.07) is 11.9. The van der Waals surface area contributed by atoms with Crippen molar-refractivity contribution in [3.8, 4) is 0 Å². The number of carbonyl (C=O) groups excluding carboxylic acids is 1. The number of piperazine rings is 1. The number of sulfonamides is 1. The summed E-state index contributed by atoms with van der Waals surface area (Å²) in [5.74, 6) is -0.0875. The van der Waals surface area contributed by atoms with Crippen molar-refractivity contribution in [3.05, 3.63) is 63.6 Å². The van der Waals surface area contributed by atoms with Crippen LogP contribution in [0.25, 0.3) is 0 Å². The van der Waals surface area contributed by atoms with Gasteiger partial charge in [0.05, 0.1) is 5.02 Å². The van der Waals surface area contributed by atoms with Crippen LogP contribution in [0.15, 0.2) is 47.4 Å². The molecule has 1 amide bonds. The molecule has 0 atom stereocenters. The van der Waals surface area contributed by atoms with Gasteiger partial charge in [0.15, 0.2) is 0 Å². The minimum Gasteiger partial charge on any atom is -0.336 e. The van der Waals surface area contributed by atoms with Gasteiger partial charge in [-0.1, -0.05) is 42.3 Å². The van der Waals surface area contributed by atoms with Gasteiger partial charge in [0.1, 0.15) is 4.90 Å². The number of nitrogens with zero attached hydrogens (tertiary/aromatic N) is 2. The Bertz CT molecular complexity index is 938. The summed E-state index contributed by atoms with van der Waals surface area (Å²) in [7, 11) is -3.76. The van der Waals surface area contributed by atoms with E-state index < -0.39 is 10.0 Å². The van der Waals surface area contributed by atoms with Crippen molar-refractivity contribution in [2.24, 2.45) is 0 Å². The lowest BCUT2D eigenvalue weighted by atomic mass is 10.1. The van der Waals surface area contributed by atoms with Crippen LogP contribution in [0.2, 0.25) is 10.0 Å². The van der Waals surface area contributed by atoms with Gasteiger partial charge in [-0.2, -0.15) is 4.31 Å². The summed E-state index contributed by atoms with van der Waals surface area (Å²) in [5, 5.41) is 0.441. The summed E-state index contributed by atoms with van der Waals surface area (Å²) in [4.78, 5) is 14.3. The number of halogens is 2. The monoisotopic (exact) mass is 426 g/mol. The molecule has 2 aromatic carbocycles. The van der Waals surface area contributed by atoms with Crippen LogP contribution in [0.4, 0.5) is 0 Å². The lowest BCUT2D eigenvalue weighted by molar-refractivity contribution is 0.0698. The number of amides is 1. The third-order valence-corrected chi connectivity index (χ3v) is 7.26. The molecule has 1 aliphatic rings. The first kappa shape index (κ1) is 20.1. The Labute approximate surface area is 169 Å². The molecule has 0 saturated carbocycles. The molecule has 5 nitrogen and oxygen atoms in total. The van der Waals surface area contributed by atoms with Crippen molar-refractivity contribution in [2.75, 3.05) is 26.2 Å². The Balaban J connectivity index is 1.70. The molecule has 144 valence electrons. The summed E-state index contributed by atoms with van der Waals surface area (Å²) < 4.78 is 27.1. The highest BCUT2D eigenvalue weighted by Crippen LogP contribution is 2.28. The molecule has 1 saturated heterocycles. The molecular formula is C19H20Cl2N2O3S. The first-order valence-corrected chi connectivity index (χ1v) is 10.9. The molecule has 27 heavy (non-hydrogen) atoms. The fourth-order valence-corrected chi connectivity index (χ4v) is 5.17. The predicted molar refractivity (Wildman–Crippen MR) is 107 cm³/mol. The lowest BCUT2D eigenvalue weighted by Crippen LogP contribution is -2.50. The van der Waals surface area contributed by atoms with Crippen LogP contribution in [-0.2, 0) is 16.4 Å². The van der Waals surface area contributed by atoms with Crippen LogP contribution in [0.3, 0.4) is 0 Å². The third kappa shape index (κ3) is 4.29. The van der Waals surface area contributed by atoms with Crippen molar-refractivity contribution >= 4 is 39.1 Å². The summed E-state index contributed by atoms with van der Waals surface area (Å²) in [6.45, 7) is 3.13. The number of hydrogen-bond acceptors (Lipinski definition) is 3. The van der Waals surface area contributed by atoms with Crippen LogP contribution in [0, 0.1) is 0 Å². The largest absolute Gasteiger partial charge is 0.336 e. The van der Waals surface area contributed by atoms with Gasteiger partial charge in [0.25, 0.3) is 5.91 Å². The van der Waals surface area contributed by atoms with Gasteiger partial charge < -0.3 is 4.90 Å². The first-order chi connectivity index (χ1) is 12.8. The molecule has 2 aromatic rings. The van der Waals surface area contributed by atoms with Crippen molar-refractivity contribution < 1.29 is 13.2 Å². The molecule has 1 aliphatic heterocycles. The Kier molecular flexibility index (Phi) is 6.11. The van der Waals surface area contributed by atoms with E-state index in [1.807, 2.05) is 24.3 Å². The minimum absolute atomic E-state index is 0.00778. The maximum atomic E-state index is 12.9. The molecule has 0 aromatic heterocycles. The van der Waals surface area contributed by atoms with Gasteiger partial charge in [0.2, 0.25) is 10.0 Å². The lowest BCUT2D eigenvalue weighted by Gasteiger charge is -2.34. The van der Waals surface area contributed by atoms with E-state index in [1.54, 1.807) is 11.0 Å². The molecule has 8 heteroatoms. The van der Waals surface area contributed by atoms with E-state index in [2.05, 4.69) is 6.92 Å². The van der Waals surface area contributed by atoms with Gasteiger partial charge in [-0.3, -0.25) is 4.79 Å². The fraction of sp³-hybridized carbons (Fsp3) is 0.316. The van der Waals surface area contributed by atoms with Crippen LogP contribution in [0.1, 0.15) is 22.8 Å². The molecule has 1 heterocycles. The second kappa shape index (κ2) is 8.19. The number of hydrogen-bond donors (Lipinski definition) is 0. The van der Waals surface area contributed by atoms with Gasteiger partial charge in [0, 0.05) is 36.8 Å². The van der Waals surface area contributed by atoms with Crippen molar-refractivity contribution in [3.63, 3.8) is 0 Å². The van der Waals surface area contributed by atoms with Gasteiger partial charge in [-0.25, -0.2) is 8.42 Å². The second-order valence-electron chi connectivity index (χ2n) is 6.32. The summed E-state index contributed by atoms with van der Waals surface area (Å²) in [5.41, 5.74) is 1.78. The molecule has 3 rings (SSSR count). The zero-order valence-corrected chi connectivity index (χ0v) is 17.2. The molecule has 0 N–H and O–H groups in total. The first-order valence-electron chi connectivity index (χ1n) is 8.66. The zero-order chi connectivity index (χ0) is 19.6. The summed E-state index contributed by atoms with van der Waals surface area (Å²) >= 11 is 12.0. The van der Waals surface area contributed by atoms with E-state index >= 15 is 0 Å². The maximum Gasteiger partial charge on any atom is 0.253 e. The highest BCUT2D eigenvalue weighted by atomic mass is 35.5. The van der Waals surface area contributed by atoms with Gasteiger partial charge in [-0.15, -0.1) is 0 Å². The average molecular weight is 427 g/mol. The van der Waals surface area contributed by atoms with E-state index in [-0.39, 0.29) is 28.9 Å². The summed E-state index contributed by atoms with van der Waals surface area (Å²) in [6.07, 6.45) is 0.914. The Morgan fingerprint density at radius 1 is 1.00 bits per heavy atom. The number of aryl methyl sites for hydroxylation is 1. The van der Waals surface area contributed by atoms with E-state index in [9.17, 15) is 13.2 Å². The topological polar surface area (TPSA) is 57.7 Å². The zero-order valence-electron chi connectivity index (χ0n) is 14.9. The smallest absolute Gasteiger partial charge is 0.253 e. The molecule has 0 bridgehead atoms. The van der Waals surface area contributed by atoms with E-state index in [4.69, 9.17) is 23.2 Å². The fourth-order valence-electron chi connectivity index (χ4n) is 3.01. The molecule has 0 spiro atoms. The Hall–Kier alpha value is -1.60. The van der Waals surface area contributed by atoms with Crippen LogP contribution in [-0.4, -0.2) is 49.7 Å². The van der Waals surface area contributed by atoms with Crippen molar-refractivity contribution in [1.82, 2.24) is 9.21 Å². The maximum absolute atomic E-state index is 12.9. The molecule has 0 unspecified atom stereocenters. The number of carbonyl (C=O) groups is 1. The third-order valence-electron chi connectivity index (χ3n) is 4.65. The normalized spacial score (nSPS) is 15.7. The second-order valence-corrected chi connectivity index (χ2v) is 9.07. The van der Waals surface area contributed by atoms with E-state index in [0.717, 1.165) is 6.42 Å². The average Bonchev–Trinajstić information content (AvgIpc) is 2.69. The predicted octanol–water partition coefficient (Wildman–Crippen LogP) is 3.70. The SMILES string of the molecule is CCc1ccc(C(=O)N2CCN(S(=O)(=O)c3cc(Cl)ccc3Cl)CC2)cc1. The number of benzene rings is 2. The Morgan fingerprint density at radius 2 is 1.63 bits per heavy atom. The van der Waals surface area contributed by atoms with Crippen LogP contribution < -0.4 is 0 Å². The quantitative estimate of drug-likeness (QED) is 0.748. The van der Waals surface area contributed by atoms with E-state index in [0.29, 0.717) is 23.7 Å². The standard InChI is InChI=1S/C19H20Cl2N2O3S/c1-2-14-3-5-15(6-4-14)19(24)22-9-11-23(12-10-22)27(25,26)18-13-16(20)7-8-17(18)21/h3-8,13H,2,9-12H2,1H3. The van der Waals surface area contributed by atoms with Crippen LogP contribution >= 0.6 is 23.2 Å². The molecule has 0 aliphatic carbocycles. The highest BCUT2D eigenvalue weighted by Gasteiger charge is 2.31. The minimum atomic E-state index is -3.76. The molecular weight excluding hydrogens is 407 g/mol.